The number of hydrogen-bond donors (Lipinski definition) is 2. The molecule has 2 heterocycles. The Morgan fingerprint density at radius 3 is 2.94 bits per heavy atom. The van der Waals surface area contributed by atoms with Crippen LogP contribution in [0.15, 0.2) is 18.0 Å². The molecule has 1 aromatic rings. The first-order chi connectivity index (χ1) is 7.96. The van der Waals surface area contributed by atoms with Crippen molar-refractivity contribution in [1.29, 1.82) is 0 Å². The fourth-order valence-electron chi connectivity index (χ4n) is 1.88. The number of aliphatic carboxylic acids is 1. The maximum absolute atomic E-state index is 10.8. The van der Waals surface area contributed by atoms with Crippen molar-refractivity contribution in [3.05, 3.63) is 29.4 Å². The van der Waals surface area contributed by atoms with Crippen LogP contribution in [0.1, 0.15) is 25.2 Å². The summed E-state index contributed by atoms with van der Waals surface area (Å²) in [6.45, 7) is 6.34. The van der Waals surface area contributed by atoms with Gasteiger partial charge in [0.05, 0.1) is 11.9 Å². The largest absolute Gasteiger partial charge is 0.475 e. The fourth-order valence-corrected chi connectivity index (χ4v) is 1.88. The Morgan fingerprint density at radius 1 is 1.71 bits per heavy atom. The SMILES string of the molecule is CCn1nc(C)cc1C1(C)NC=C(C(=O)O)O1. The number of aryl methyl sites for hydroxylation is 2. The van der Waals surface area contributed by atoms with Crippen LogP contribution in [0.5, 0.6) is 0 Å². The minimum absolute atomic E-state index is 0.0889. The summed E-state index contributed by atoms with van der Waals surface area (Å²) in [5, 5.41) is 16.1. The molecule has 0 fully saturated rings. The minimum atomic E-state index is -1.08. The molecular weight excluding hydrogens is 222 g/mol. The molecule has 2 rings (SSSR count). The highest BCUT2D eigenvalue weighted by Gasteiger charge is 2.38. The van der Waals surface area contributed by atoms with E-state index in [9.17, 15) is 4.79 Å². The summed E-state index contributed by atoms with van der Waals surface area (Å²) >= 11 is 0. The van der Waals surface area contributed by atoms with Crippen molar-refractivity contribution < 1.29 is 14.6 Å². The smallest absolute Gasteiger partial charge is 0.372 e. The zero-order chi connectivity index (χ0) is 12.6. The molecule has 1 atom stereocenters. The standard InChI is InChI=1S/C11H15N3O3/c1-4-14-9(5-7(2)13-14)11(3)12-6-8(17-11)10(15)16/h5-6,12H,4H2,1-3H3,(H,15,16). The Bertz CT molecular complexity index is 492. The number of hydrogen-bond acceptors (Lipinski definition) is 4. The van der Waals surface area contributed by atoms with Crippen LogP contribution in [0, 0.1) is 6.92 Å². The molecule has 0 spiro atoms. The average Bonchev–Trinajstić information content (AvgIpc) is 2.83. The average molecular weight is 237 g/mol. The van der Waals surface area contributed by atoms with E-state index in [-0.39, 0.29) is 5.76 Å². The number of carbonyl (C=O) groups is 1. The maximum Gasteiger partial charge on any atom is 0.372 e. The van der Waals surface area contributed by atoms with Crippen LogP contribution in [0.2, 0.25) is 0 Å². The van der Waals surface area contributed by atoms with Crippen LogP contribution in [0.3, 0.4) is 0 Å². The predicted octanol–water partition coefficient (Wildman–Crippen LogP) is 0.930. The number of nitrogens with one attached hydrogen (secondary N) is 1. The summed E-state index contributed by atoms with van der Waals surface area (Å²) in [6, 6.07) is 1.88. The summed E-state index contributed by atoms with van der Waals surface area (Å²) in [5.74, 6) is -1.17. The van der Waals surface area contributed by atoms with Gasteiger partial charge in [-0.3, -0.25) is 4.68 Å². The number of nitrogens with zero attached hydrogens (tertiary/aromatic N) is 2. The first-order valence-electron chi connectivity index (χ1n) is 5.41. The van der Waals surface area contributed by atoms with Crippen molar-refractivity contribution in [2.75, 3.05) is 0 Å². The molecular formula is C11H15N3O3. The number of rotatable bonds is 3. The van der Waals surface area contributed by atoms with Gasteiger partial charge in [-0.25, -0.2) is 4.79 Å². The van der Waals surface area contributed by atoms with Crippen molar-refractivity contribution in [3.63, 3.8) is 0 Å². The second kappa shape index (κ2) is 3.80. The first-order valence-corrected chi connectivity index (χ1v) is 5.41. The molecule has 1 aromatic heterocycles. The van der Waals surface area contributed by atoms with Gasteiger partial charge < -0.3 is 15.2 Å². The van der Waals surface area contributed by atoms with Gasteiger partial charge in [0.25, 0.3) is 0 Å². The van der Waals surface area contributed by atoms with Crippen LogP contribution in [0.25, 0.3) is 0 Å². The number of carboxylic acid groups (broad SMARTS) is 1. The molecule has 0 saturated heterocycles. The second-order valence-corrected chi connectivity index (χ2v) is 4.08. The summed E-state index contributed by atoms with van der Waals surface area (Å²) in [7, 11) is 0. The topological polar surface area (TPSA) is 76.4 Å². The van der Waals surface area contributed by atoms with Crippen LogP contribution in [-0.4, -0.2) is 20.9 Å². The molecule has 0 amide bonds. The lowest BCUT2D eigenvalue weighted by Gasteiger charge is -2.25. The zero-order valence-electron chi connectivity index (χ0n) is 10.0. The van der Waals surface area contributed by atoms with Crippen molar-refractivity contribution in [2.45, 2.75) is 33.0 Å². The van der Waals surface area contributed by atoms with E-state index in [4.69, 9.17) is 9.84 Å². The van der Waals surface area contributed by atoms with Gasteiger partial charge in [0.15, 0.2) is 0 Å². The van der Waals surface area contributed by atoms with Gasteiger partial charge in [-0.05, 0) is 19.9 Å². The third-order valence-electron chi connectivity index (χ3n) is 2.69. The summed E-state index contributed by atoms with van der Waals surface area (Å²) in [6.07, 6.45) is 1.37. The molecule has 92 valence electrons. The molecule has 17 heavy (non-hydrogen) atoms. The second-order valence-electron chi connectivity index (χ2n) is 4.08. The van der Waals surface area contributed by atoms with Crippen molar-refractivity contribution in [2.24, 2.45) is 0 Å². The van der Waals surface area contributed by atoms with E-state index in [0.29, 0.717) is 6.54 Å². The Hall–Kier alpha value is -1.98. The monoisotopic (exact) mass is 237 g/mol. The zero-order valence-corrected chi connectivity index (χ0v) is 10.0. The van der Waals surface area contributed by atoms with E-state index >= 15 is 0 Å². The molecule has 6 heteroatoms. The normalized spacial score (nSPS) is 22.9. The van der Waals surface area contributed by atoms with E-state index in [2.05, 4.69) is 10.4 Å². The van der Waals surface area contributed by atoms with Crippen LogP contribution >= 0.6 is 0 Å². The Balaban J connectivity index is 2.32. The summed E-state index contributed by atoms with van der Waals surface area (Å²) < 4.78 is 7.23. The van der Waals surface area contributed by atoms with E-state index in [0.717, 1.165) is 11.4 Å². The number of ether oxygens (including phenoxy) is 1. The Kier molecular flexibility index (Phi) is 2.57. The molecule has 6 nitrogen and oxygen atoms in total. The predicted molar refractivity (Wildman–Crippen MR) is 59.9 cm³/mol. The van der Waals surface area contributed by atoms with E-state index in [1.165, 1.54) is 6.20 Å². The van der Waals surface area contributed by atoms with Crippen molar-refractivity contribution in [3.8, 4) is 0 Å². The molecule has 1 unspecified atom stereocenters. The fraction of sp³-hybridized carbons (Fsp3) is 0.455. The summed E-state index contributed by atoms with van der Waals surface area (Å²) in [5.41, 5.74) is 0.813. The highest BCUT2D eigenvalue weighted by atomic mass is 16.5. The highest BCUT2D eigenvalue weighted by molar-refractivity contribution is 5.84. The first kappa shape index (κ1) is 11.5. The number of aromatic nitrogens is 2. The minimum Gasteiger partial charge on any atom is -0.475 e. The quantitative estimate of drug-likeness (QED) is 0.817. The molecule has 1 aliphatic rings. The van der Waals surface area contributed by atoms with Crippen molar-refractivity contribution in [1.82, 2.24) is 15.1 Å². The highest BCUT2D eigenvalue weighted by Crippen LogP contribution is 2.30. The summed E-state index contributed by atoms with van der Waals surface area (Å²) in [4.78, 5) is 10.8. The van der Waals surface area contributed by atoms with E-state index in [1.54, 1.807) is 11.6 Å². The van der Waals surface area contributed by atoms with Gasteiger partial charge in [-0.2, -0.15) is 5.10 Å². The lowest BCUT2D eigenvalue weighted by Crippen LogP contribution is -2.36. The van der Waals surface area contributed by atoms with Gasteiger partial charge in [0.2, 0.25) is 11.5 Å². The van der Waals surface area contributed by atoms with Gasteiger partial charge in [-0.15, -0.1) is 0 Å². The van der Waals surface area contributed by atoms with Crippen LogP contribution < -0.4 is 5.32 Å². The molecule has 0 bridgehead atoms. The van der Waals surface area contributed by atoms with Crippen molar-refractivity contribution >= 4 is 5.97 Å². The van der Waals surface area contributed by atoms with E-state index in [1.807, 2.05) is 19.9 Å². The van der Waals surface area contributed by atoms with Gasteiger partial charge in [-0.1, -0.05) is 0 Å². The van der Waals surface area contributed by atoms with Crippen LogP contribution in [-0.2, 0) is 21.8 Å². The third-order valence-corrected chi connectivity index (χ3v) is 2.69. The number of carboxylic acids is 1. The Morgan fingerprint density at radius 2 is 2.41 bits per heavy atom. The maximum atomic E-state index is 10.8. The lowest BCUT2D eigenvalue weighted by molar-refractivity contribution is -0.139. The van der Waals surface area contributed by atoms with Gasteiger partial charge in [0, 0.05) is 13.5 Å². The molecule has 0 saturated carbocycles. The molecule has 0 radical (unpaired) electrons. The molecule has 1 aliphatic heterocycles. The molecule has 0 aliphatic carbocycles. The lowest BCUT2D eigenvalue weighted by atomic mass is 10.1. The van der Waals surface area contributed by atoms with Gasteiger partial charge in [0.1, 0.15) is 5.69 Å². The third kappa shape index (κ3) is 1.86. The van der Waals surface area contributed by atoms with Crippen LogP contribution in [0.4, 0.5) is 0 Å². The Labute approximate surface area is 98.9 Å². The molecule has 0 aromatic carbocycles. The molecule has 2 N–H and O–H groups in total. The van der Waals surface area contributed by atoms with E-state index < -0.39 is 11.7 Å². The van der Waals surface area contributed by atoms with Gasteiger partial charge >= 0.3 is 5.97 Å².